The topological polar surface area (TPSA) is 21.3 Å². The standard InChI is InChI=1S/C16H17ClFNOS/c1-10-11(6-14(21-10)8-19-13-3-4-13)9-20-16-5-2-12(18)7-15(16)17/h2,5-7,13,19H,3-4,8-9H2,1H3. The van der Waals surface area contributed by atoms with Crippen LogP contribution in [0.2, 0.25) is 5.02 Å². The van der Waals surface area contributed by atoms with Gasteiger partial charge in [-0.1, -0.05) is 11.6 Å². The number of rotatable bonds is 6. The summed E-state index contributed by atoms with van der Waals surface area (Å²) in [5.74, 6) is 0.161. The summed E-state index contributed by atoms with van der Waals surface area (Å²) in [7, 11) is 0. The lowest BCUT2D eigenvalue weighted by Gasteiger charge is -2.07. The second-order valence-corrected chi connectivity index (χ2v) is 7.06. The number of ether oxygens (including phenoxy) is 1. The molecule has 0 bridgehead atoms. The van der Waals surface area contributed by atoms with Gasteiger partial charge >= 0.3 is 0 Å². The quantitative estimate of drug-likeness (QED) is 0.832. The van der Waals surface area contributed by atoms with E-state index in [9.17, 15) is 4.39 Å². The van der Waals surface area contributed by atoms with Crippen LogP contribution in [-0.4, -0.2) is 6.04 Å². The highest BCUT2D eigenvalue weighted by Crippen LogP contribution is 2.28. The highest BCUT2D eigenvalue weighted by molar-refractivity contribution is 7.12. The van der Waals surface area contributed by atoms with Crippen molar-refractivity contribution >= 4 is 22.9 Å². The molecule has 3 rings (SSSR count). The molecule has 1 aromatic carbocycles. The monoisotopic (exact) mass is 325 g/mol. The predicted molar refractivity (Wildman–Crippen MR) is 84.7 cm³/mol. The molecule has 1 aliphatic rings. The van der Waals surface area contributed by atoms with Crippen LogP contribution in [0.1, 0.15) is 28.2 Å². The predicted octanol–water partition coefficient (Wildman–Crippen LogP) is 4.68. The summed E-state index contributed by atoms with van der Waals surface area (Å²) in [5, 5.41) is 3.81. The van der Waals surface area contributed by atoms with Gasteiger partial charge in [-0.05, 0) is 44.0 Å². The number of nitrogens with one attached hydrogen (secondary N) is 1. The van der Waals surface area contributed by atoms with Crippen LogP contribution in [0.5, 0.6) is 5.75 Å². The van der Waals surface area contributed by atoms with Crippen molar-refractivity contribution < 1.29 is 9.13 Å². The maximum absolute atomic E-state index is 13.0. The molecule has 5 heteroatoms. The van der Waals surface area contributed by atoms with Crippen molar-refractivity contribution in [1.82, 2.24) is 5.32 Å². The van der Waals surface area contributed by atoms with Crippen LogP contribution in [0.4, 0.5) is 4.39 Å². The summed E-state index contributed by atoms with van der Waals surface area (Å²) in [6.45, 7) is 3.47. The Hall–Kier alpha value is -1.10. The van der Waals surface area contributed by atoms with E-state index < -0.39 is 0 Å². The van der Waals surface area contributed by atoms with Gasteiger partial charge in [-0.25, -0.2) is 4.39 Å². The second kappa shape index (κ2) is 6.34. The van der Waals surface area contributed by atoms with Gasteiger partial charge in [-0.2, -0.15) is 0 Å². The van der Waals surface area contributed by atoms with E-state index in [1.54, 1.807) is 17.4 Å². The smallest absolute Gasteiger partial charge is 0.138 e. The number of halogens is 2. The van der Waals surface area contributed by atoms with E-state index in [1.165, 1.54) is 34.7 Å². The van der Waals surface area contributed by atoms with Gasteiger partial charge in [0.15, 0.2) is 0 Å². The number of hydrogen-bond acceptors (Lipinski definition) is 3. The second-order valence-electron chi connectivity index (χ2n) is 5.31. The van der Waals surface area contributed by atoms with Crippen molar-refractivity contribution in [1.29, 1.82) is 0 Å². The van der Waals surface area contributed by atoms with Gasteiger partial charge in [0.05, 0.1) is 5.02 Å². The Bertz CT molecular complexity index is 639. The van der Waals surface area contributed by atoms with E-state index in [-0.39, 0.29) is 5.82 Å². The first-order chi connectivity index (χ1) is 10.1. The molecule has 0 radical (unpaired) electrons. The van der Waals surface area contributed by atoms with Crippen molar-refractivity contribution in [2.75, 3.05) is 0 Å². The number of benzene rings is 1. The lowest BCUT2D eigenvalue weighted by atomic mass is 10.2. The first-order valence-corrected chi connectivity index (χ1v) is 8.20. The fourth-order valence-electron chi connectivity index (χ4n) is 2.10. The number of aryl methyl sites for hydroxylation is 1. The zero-order valence-corrected chi connectivity index (χ0v) is 13.4. The Morgan fingerprint density at radius 1 is 1.38 bits per heavy atom. The molecule has 0 aliphatic heterocycles. The molecular weight excluding hydrogens is 309 g/mol. The summed E-state index contributed by atoms with van der Waals surface area (Å²) >= 11 is 7.75. The number of thiophene rings is 1. The molecule has 0 unspecified atom stereocenters. The minimum absolute atomic E-state index is 0.304. The largest absolute Gasteiger partial charge is 0.487 e. The summed E-state index contributed by atoms with van der Waals surface area (Å²) in [4.78, 5) is 2.57. The Labute approximate surface area is 132 Å². The van der Waals surface area contributed by atoms with Crippen LogP contribution in [0.25, 0.3) is 0 Å². The minimum Gasteiger partial charge on any atom is -0.487 e. The fraction of sp³-hybridized carbons (Fsp3) is 0.375. The molecule has 0 spiro atoms. The Balaban J connectivity index is 1.61. The van der Waals surface area contributed by atoms with Crippen LogP contribution in [0.15, 0.2) is 24.3 Å². The zero-order valence-electron chi connectivity index (χ0n) is 11.8. The summed E-state index contributed by atoms with van der Waals surface area (Å²) in [5.41, 5.74) is 1.16. The highest BCUT2D eigenvalue weighted by atomic mass is 35.5. The van der Waals surface area contributed by atoms with E-state index >= 15 is 0 Å². The van der Waals surface area contributed by atoms with Crippen LogP contribution in [0, 0.1) is 12.7 Å². The molecule has 0 atom stereocenters. The zero-order chi connectivity index (χ0) is 14.8. The molecule has 1 aliphatic carbocycles. The maximum atomic E-state index is 13.0. The van der Waals surface area contributed by atoms with Gasteiger partial charge in [0.1, 0.15) is 18.2 Å². The fourth-order valence-corrected chi connectivity index (χ4v) is 3.32. The van der Waals surface area contributed by atoms with E-state index in [0.717, 1.165) is 12.1 Å². The summed E-state index contributed by atoms with van der Waals surface area (Å²) in [6, 6.07) is 7.07. The van der Waals surface area contributed by atoms with Crippen molar-refractivity contribution in [3.05, 3.63) is 50.4 Å². The van der Waals surface area contributed by atoms with Gasteiger partial charge in [0.2, 0.25) is 0 Å². The molecule has 0 amide bonds. The van der Waals surface area contributed by atoms with Crippen molar-refractivity contribution in [2.24, 2.45) is 0 Å². The highest BCUT2D eigenvalue weighted by Gasteiger charge is 2.20. The van der Waals surface area contributed by atoms with E-state index in [4.69, 9.17) is 16.3 Å². The van der Waals surface area contributed by atoms with Gasteiger partial charge in [-0.15, -0.1) is 11.3 Å². The van der Waals surface area contributed by atoms with Crippen molar-refractivity contribution in [2.45, 2.75) is 39.0 Å². The molecule has 112 valence electrons. The number of hydrogen-bond donors (Lipinski definition) is 1. The van der Waals surface area contributed by atoms with Gasteiger partial charge in [0, 0.05) is 27.9 Å². The first-order valence-electron chi connectivity index (χ1n) is 7.01. The third-order valence-electron chi connectivity index (χ3n) is 3.49. The molecule has 2 aromatic rings. The van der Waals surface area contributed by atoms with E-state index in [2.05, 4.69) is 18.3 Å². The Morgan fingerprint density at radius 2 is 2.19 bits per heavy atom. The molecule has 1 saturated carbocycles. The van der Waals surface area contributed by atoms with E-state index in [0.29, 0.717) is 23.4 Å². The SMILES string of the molecule is Cc1sc(CNC2CC2)cc1COc1ccc(F)cc1Cl. The molecule has 1 N–H and O–H groups in total. The first kappa shape index (κ1) is 14.8. The third kappa shape index (κ3) is 3.96. The molecule has 21 heavy (non-hydrogen) atoms. The summed E-state index contributed by atoms with van der Waals surface area (Å²) in [6.07, 6.45) is 2.59. The van der Waals surface area contributed by atoms with Crippen LogP contribution >= 0.6 is 22.9 Å². The average Bonchev–Trinajstić information content (AvgIpc) is 3.20. The molecule has 1 heterocycles. The lowest BCUT2D eigenvalue weighted by molar-refractivity contribution is 0.305. The van der Waals surface area contributed by atoms with E-state index in [1.807, 2.05) is 0 Å². The molecule has 0 saturated heterocycles. The third-order valence-corrected chi connectivity index (χ3v) is 4.88. The van der Waals surface area contributed by atoms with Gasteiger partial charge < -0.3 is 10.1 Å². The Kier molecular flexibility index (Phi) is 4.48. The Morgan fingerprint density at radius 3 is 2.90 bits per heavy atom. The van der Waals surface area contributed by atoms with Crippen LogP contribution in [0.3, 0.4) is 0 Å². The summed E-state index contributed by atoms with van der Waals surface area (Å²) < 4.78 is 18.7. The van der Waals surface area contributed by atoms with Crippen molar-refractivity contribution in [3.8, 4) is 5.75 Å². The minimum atomic E-state index is -0.354. The van der Waals surface area contributed by atoms with Gasteiger partial charge in [0.25, 0.3) is 0 Å². The average molecular weight is 326 g/mol. The maximum Gasteiger partial charge on any atom is 0.138 e. The van der Waals surface area contributed by atoms with Gasteiger partial charge in [-0.3, -0.25) is 0 Å². The lowest BCUT2D eigenvalue weighted by Crippen LogP contribution is -2.14. The van der Waals surface area contributed by atoms with Crippen LogP contribution < -0.4 is 10.1 Å². The normalized spacial score (nSPS) is 14.4. The van der Waals surface area contributed by atoms with Crippen LogP contribution in [-0.2, 0) is 13.2 Å². The molecule has 1 aromatic heterocycles. The molecule has 2 nitrogen and oxygen atoms in total. The molecular formula is C16H17ClFNOS. The molecule has 1 fully saturated rings. The van der Waals surface area contributed by atoms with Crippen molar-refractivity contribution in [3.63, 3.8) is 0 Å².